The van der Waals surface area contributed by atoms with E-state index in [9.17, 15) is 18.4 Å². The Balaban J connectivity index is 2.30. The summed E-state index contributed by atoms with van der Waals surface area (Å²) in [6.45, 7) is -0.170. The number of thiocarbonyl (C=S) groups is 1. The highest BCUT2D eigenvalue weighted by molar-refractivity contribution is 8.26. The number of benzene rings is 1. The first-order valence-corrected chi connectivity index (χ1v) is 7.94. The predicted octanol–water partition coefficient (Wildman–Crippen LogP) is 3.19. The van der Waals surface area contributed by atoms with Crippen LogP contribution in [0.5, 0.6) is 5.75 Å². The number of aryl methyl sites for hydroxylation is 2. The van der Waals surface area contributed by atoms with Crippen molar-refractivity contribution in [2.24, 2.45) is 0 Å². The molecule has 0 bridgehead atoms. The Morgan fingerprint density at radius 2 is 2.00 bits per heavy atom. The minimum atomic E-state index is -2.92. The minimum absolute atomic E-state index is 0.0978. The normalized spacial score (nSPS) is 16.4. The maximum absolute atomic E-state index is 12.4. The van der Waals surface area contributed by atoms with Crippen LogP contribution in [0.25, 0.3) is 6.08 Å². The summed E-state index contributed by atoms with van der Waals surface area (Å²) in [6, 6.07) is 3.21. The number of amides is 1. The quantitative estimate of drug-likeness (QED) is 0.632. The van der Waals surface area contributed by atoms with Crippen molar-refractivity contribution in [1.82, 2.24) is 4.90 Å². The molecule has 0 unspecified atom stereocenters. The van der Waals surface area contributed by atoms with Gasteiger partial charge >= 0.3 is 12.6 Å². The van der Waals surface area contributed by atoms with Crippen molar-refractivity contribution in [1.29, 1.82) is 0 Å². The highest BCUT2D eigenvalue weighted by Gasteiger charge is 2.33. The Kier molecular flexibility index (Phi) is 5.55. The second kappa shape index (κ2) is 7.27. The monoisotopic (exact) mass is 373 g/mol. The molecular weight excluding hydrogens is 360 g/mol. The summed E-state index contributed by atoms with van der Waals surface area (Å²) >= 11 is 6.01. The lowest BCUT2D eigenvalue weighted by molar-refractivity contribution is -0.140. The Morgan fingerprint density at radius 3 is 2.50 bits per heavy atom. The van der Waals surface area contributed by atoms with Gasteiger partial charge in [0.15, 0.2) is 0 Å². The third-order valence-corrected chi connectivity index (χ3v) is 4.53. The van der Waals surface area contributed by atoms with Gasteiger partial charge in [0.25, 0.3) is 5.91 Å². The van der Waals surface area contributed by atoms with Crippen LogP contribution in [0, 0.1) is 13.8 Å². The molecule has 1 fully saturated rings. The fraction of sp³-hybridized carbons (Fsp3) is 0.267. The summed E-state index contributed by atoms with van der Waals surface area (Å²) in [4.78, 5) is 24.3. The van der Waals surface area contributed by atoms with Crippen LogP contribution < -0.4 is 4.74 Å². The van der Waals surface area contributed by atoms with Crippen molar-refractivity contribution in [2.75, 3.05) is 6.54 Å². The Labute approximate surface area is 146 Å². The van der Waals surface area contributed by atoms with Gasteiger partial charge in [0, 0.05) is 0 Å². The standard InChI is InChI=1S/C15H13F2NO4S2/c1-7-3-9(4-8(2)12(7)22-14(16)17)5-10-13(21)18(6-11(19)20)15(23)24-10/h3-5,14H,6H2,1-2H3,(H,19,20). The Bertz CT molecular complexity index is 726. The van der Waals surface area contributed by atoms with Gasteiger partial charge in [-0.3, -0.25) is 14.5 Å². The van der Waals surface area contributed by atoms with E-state index in [1.807, 2.05) is 0 Å². The van der Waals surface area contributed by atoms with Gasteiger partial charge in [-0.25, -0.2) is 0 Å². The molecule has 2 rings (SSSR count). The smallest absolute Gasteiger partial charge is 0.387 e. The van der Waals surface area contributed by atoms with Crippen LogP contribution in [0.2, 0.25) is 0 Å². The number of carboxylic acid groups (broad SMARTS) is 1. The molecule has 5 nitrogen and oxygen atoms in total. The molecule has 1 saturated heterocycles. The van der Waals surface area contributed by atoms with Crippen LogP contribution in [0.3, 0.4) is 0 Å². The zero-order valence-corrected chi connectivity index (χ0v) is 14.3. The molecular formula is C15H13F2NO4S2. The molecule has 0 atom stereocenters. The predicted molar refractivity (Wildman–Crippen MR) is 90.1 cm³/mol. The van der Waals surface area contributed by atoms with Gasteiger partial charge < -0.3 is 9.84 Å². The van der Waals surface area contributed by atoms with E-state index in [1.165, 1.54) is 0 Å². The van der Waals surface area contributed by atoms with Crippen LogP contribution in [0.1, 0.15) is 16.7 Å². The minimum Gasteiger partial charge on any atom is -0.480 e. The van der Waals surface area contributed by atoms with E-state index in [0.29, 0.717) is 16.7 Å². The highest BCUT2D eigenvalue weighted by atomic mass is 32.2. The first-order valence-electron chi connectivity index (χ1n) is 6.72. The maximum Gasteiger partial charge on any atom is 0.387 e. The summed E-state index contributed by atoms with van der Waals surface area (Å²) in [5.74, 6) is -1.55. The fourth-order valence-electron chi connectivity index (χ4n) is 2.27. The molecule has 9 heteroatoms. The number of carboxylic acids is 1. The summed E-state index contributed by atoms with van der Waals surface area (Å²) in [5.41, 5.74) is 1.62. The third kappa shape index (κ3) is 4.09. The lowest BCUT2D eigenvalue weighted by atomic mass is 10.1. The zero-order chi connectivity index (χ0) is 18.0. The number of aliphatic carboxylic acids is 1. The van der Waals surface area contributed by atoms with Crippen LogP contribution >= 0.6 is 24.0 Å². The number of carbonyl (C=O) groups is 2. The molecule has 0 aliphatic carbocycles. The van der Waals surface area contributed by atoms with Gasteiger partial charge in [-0.2, -0.15) is 8.78 Å². The number of alkyl halides is 2. The first kappa shape index (κ1) is 18.3. The molecule has 0 saturated carbocycles. The van der Waals surface area contributed by atoms with Crippen LogP contribution in [0.4, 0.5) is 8.78 Å². The third-order valence-electron chi connectivity index (χ3n) is 3.15. The molecule has 1 aromatic rings. The number of nitrogens with zero attached hydrogens (tertiary/aromatic N) is 1. The molecule has 1 aliphatic rings. The Morgan fingerprint density at radius 1 is 1.42 bits per heavy atom. The zero-order valence-electron chi connectivity index (χ0n) is 12.7. The summed E-state index contributed by atoms with van der Waals surface area (Å²) in [7, 11) is 0. The van der Waals surface area contributed by atoms with Gasteiger partial charge in [-0.1, -0.05) is 24.0 Å². The molecule has 0 radical (unpaired) electrons. The molecule has 0 aromatic heterocycles. The lowest BCUT2D eigenvalue weighted by Crippen LogP contribution is -2.33. The molecule has 1 amide bonds. The number of hydrogen-bond acceptors (Lipinski definition) is 5. The first-order chi connectivity index (χ1) is 11.2. The molecule has 1 heterocycles. The summed E-state index contributed by atoms with van der Waals surface area (Å²) in [6.07, 6.45) is 1.55. The number of ether oxygens (including phenoxy) is 1. The fourth-order valence-corrected chi connectivity index (χ4v) is 3.52. The highest BCUT2D eigenvalue weighted by Crippen LogP contribution is 2.34. The van der Waals surface area contributed by atoms with E-state index in [2.05, 4.69) is 4.74 Å². The van der Waals surface area contributed by atoms with Gasteiger partial charge in [0.1, 0.15) is 16.6 Å². The van der Waals surface area contributed by atoms with E-state index >= 15 is 0 Å². The lowest BCUT2D eigenvalue weighted by Gasteiger charge is -2.12. The number of carbonyl (C=O) groups excluding carboxylic acids is 1. The largest absolute Gasteiger partial charge is 0.480 e. The average Bonchev–Trinajstić information content (AvgIpc) is 2.70. The number of halogens is 2. The van der Waals surface area contributed by atoms with E-state index < -0.39 is 25.0 Å². The molecule has 1 aliphatic heterocycles. The van der Waals surface area contributed by atoms with Crippen molar-refractivity contribution < 1.29 is 28.2 Å². The Hall–Kier alpha value is -2.00. The van der Waals surface area contributed by atoms with Gasteiger partial charge in [-0.05, 0) is 48.7 Å². The van der Waals surface area contributed by atoms with Crippen molar-refractivity contribution in [3.63, 3.8) is 0 Å². The van der Waals surface area contributed by atoms with Crippen LogP contribution in [0.15, 0.2) is 17.0 Å². The van der Waals surface area contributed by atoms with Gasteiger partial charge in [0.05, 0.1) is 4.91 Å². The maximum atomic E-state index is 12.4. The molecule has 128 valence electrons. The van der Waals surface area contributed by atoms with E-state index in [1.54, 1.807) is 32.1 Å². The summed E-state index contributed by atoms with van der Waals surface area (Å²) < 4.78 is 29.4. The van der Waals surface area contributed by atoms with Gasteiger partial charge in [-0.15, -0.1) is 0 Å². The SMILES string of the molecule is Cc1cc(C=C2SC(=S)N(CC(=O)O)C2=O)cc(C)c1OC(F)F. The average molecular weight is 373 g/mol. The van der Waals surface area contributed by atoms with Crippen molar-refractivity contribution >= 4 is 46.3 Å². The molecule has 24 heavy (non-hydrogen) atoms. The van der Waals surface area contributed by atoms with Gasteiger partial charge in [0.2, 0.25) is 0 Å². The van der Waals surface area contributed by atoms with Crippen LogP contribution in [-0.4, -0.2) is 39.4 Å². The second-order valence-electron chi connectivity index (χ2n) is 5.02. The van der Waals surface area contributed by atoms with Crippen LogP contribution in [-0.2, 0) is 9.59 Å². The second-order valence-corrected chi connectivity index (χ2v) is 6.70. The van der Waals surface area contributed by atoms with Crippen molar-refractivity contribution in [2.45, 2.75) is 20.5 Å². The van der Waals surface area contributed by atoms with Crippen molar-refractivity contribution in [3.8, 4) is 5.75 Å². The number of rotatable bonds is 5. The van der Waals surface area contributed by atoms with E-state index in [0.717, 1.165) is 16.7 Å². The topological polar surface area (TPSA) is 66.8 Å². The number of hydrogen-bond donors (Lipinski definition) is 1. The molecule has 1 aromatic carbocycles. The van der Waals surface area contributed by atoms with E-state index in [4.69, 9.17) is 17.3 Å². The van der Waals surface area contributed by atoms with E-state index in [-0.39, 0.29) is 15.0 Å². The number of thioether (sulfide) groups is 1. The summed E-state index contributed by atoms with van der Waals surface area (Å²) in [5, 5.41) is 8.80. The van der Waals surface area contributed by atoms with Crippen molar-refractivity contribution in [3.05, 3.63) is 33.7 Å². The molecule has 0 spiro atoms. The molecule has 1 N–H and O–H groups in total.